The molecule has 3 N–H and O–H groups in total. The first-order valence-electron chi connectivity index (χ1n) is 6.69. The molecule has 0 aliphatic heterocycles. The average Bonchev–Trinajstić information content (AvgIpc) is 2.42. The monoisotopic (exact) mass is 278 g/mol. The van der Waals surface area contributed by atoms with E-state index in [9.17, 15) is 9.59 Å². The number of nitrogens with two attached hydrogens (primary N) is 1. The molecule has 20 heavy (non-hydrogen) atoms. The highest BCUT2D eigenvalue weighted by atomic mass is 16.5. The predicted molar refractivity (Wildman–Crippen MR) is 77.0 cm³/mol. The van der Waals surface area contributed by atoms with Crippen molar-refractivity contribution in [2.45, 2.75) is 39.7 Å². The molecular weight excluding hydrogens is 256 g/mol. The van der Waals surface area contributed by atoms with Crippen LogP contribution in [0.25, 0.3) is 0 Å². The van der Waals surface area contributed by atoms with Crippen molar-refractivity contribution in [3.05, 3.63) is 29.8 Å². The number of benzene rings is 1. The first-order chi connectivity index (χ1) is 9.43. The van der Waals surface area contributed by atoms with Gasteiger partial charge >= 0.3 is 0 Å². The highest BCUT2D eigenvalue weighted by molar-refractivity contribution is 5.80. The Labute approximate surface area is 119 Å². The van der Waals surface area contributed by atoms with Crippen LogP contribution >= 0.6 is 0 Å². The van der Waals surface area contributed by atoms with E-state index in [2.05, 4.69) is 5.43 Å². The lowest BCUT2D eigenvalue weighted by Gasteiger charge is -2.20. The number of rotatable bonds is 7. The summed E-state index contributed by atoms with van der Waals surface area (Å²) in [6, 6.07) is 7.40. The van der Waals surface area contributed by atoms with E-state index < -0.39 is 6.10 Å². The molecule has 0 radical (unpaired) electrons. The van der Waals surface area contributed by atoms with Crippen LogP contribution in [-0.2, 0) is 16.0 Å². The second-order valence-corrected chi connectivity index (χ2v) is 5.14. The van der Waals surface area contributed by atoms with Crippen LogP contribution in [0.2, 0.25) is 0 Å². The fraction of sp³-hybridized carbons (Fsp3) is 0.467. The molecule has 1 rings (SSSR count). The SMILES string of the molecule is CC(=O)CCc1ccc(OC(C(=O)NN)C(C)C)cc1. The van der Waals surface area contributed by atoms with Crippen LogP contribution in [0.15, 0.2) is 24.3 Å². The molecule has 0 heterocycles. The Balaban J connectivity index is 2.68. The maximum atomic E-state index is 11.6. The van der Waals surface area contributed by atoms with Gasteiger partial charge in [0.2, 0.25) is 0 Å². The summed E-state index contributed by atoms with van der Waals surface area (Å²) in [6.07, 6.45) is 0.625. The Morgan fingerprint density at radius 3 is 2.30 bits per heavy atom. The quantitative estimate of drug-likeness (QED) is 0.451. The molecule has 0 aromatic heterocycles. The zero-order chi connectivity index (χ0) is 15.1. The van der Waals surface area contributed by atoms with Crippen molar-refractivity contribution >= 4 is 11.7 Å². The van der Waals surface area contributed by atoms with Gasteiger partial charge in [-0.3, -0.25) is 10.2 Å². The van der Waals surface area contributed by atoms with E-state index in [1.807, 2.05) is 26.0 Å². The van der Waals surface area contributed by atoms with Crippen molar-refractivity contribution in [2.24, 2.45) is 11.8 Å². The van der Waals surface area contributed by atoms with Crippen molar-refractivity contribution in [1.29, 1.82) is 0 Å². The summed E-state index contributed by atoms with van der Waals surface area (Å²) in [7, 11) is 0. The molecule has 0 bridgehead atoms. The molecule has 5 heteroatoms. The van der Waals surface area contributed by atoms with Crippen molar-refractivity contribution in [1.82, 2.24) is 5.43 Å². The molecule has 0 saturated carbocycles. The van der Waals surface area contributed by atoms with Crippen LogP contribution < -0.4 is 16.0 Å². The molecule has 0 spiro atoms. The largest absolute Gasteiger partial charge is 0.480 e. The molecule has 110 valence electrons. The Morgan fingerprint density at radius 1 is 1.25 bits per heavy atom. The molecule has 1 amide bonds. The van der Waals surface area contributed by atoms with Gasteiger partial charge in [0.15, 0.2) is 6.10 Å². The van der Waals surface area contributed by atoms with Gasteiger partial charge in [-0.2, -0.15) is 0 Å². The maximum absolute atomic E-state index is 11.6. The third kappa shape index (κ3) is 5.01. The van der Waals surface area contributed by atoms with Crippen LogP contribution in [0, 0.1) is 5.92 Å². The number of aryl methyl sites for hydroxylation is 1. The second kappa shape index (κ2) is 7.65. The Kier molecular flexibility index (Phi) is 6.18. The molecule has 0 fully saturated rings. The van der Waals surface area contributed by atoms with Crippen molar-refractivity contribution in [2.75, 3.05) is 0 Å². The van der Waals surface area contributed by atoms with Crippen LogP contribution in [0.3, 0.4) is 0 Å². The van der Waals surface area contributed by atoms with Gasteiger partial charge in [0.1, 0.15) is 11.5 Å². The molecule has 0 saturated heterocycles. The van der Waals surface area contributed by atoms with E-state index in [-0.39, 0.29) is 17.6 Å². The smallest absolute Gasteiger partial charge is 0.275 e. The number of hydrazine groups is 1. The van der Waals surface area contributed by atoms with E-state index >= 15 is 0 Å². The van der Waals surface area contributed by atoms with Crippen molar-refractivity contribution < 1.29 is 14.3 Å². The molecule has 1 unspecified atom stereocenters. The lowest BCUT2D eigenvalue weighted by molar-refractivity contribution is -0.129. The first-order valence-corrected chi connectivity index (χ1v) is 6.69. The van der Waals surface area contributed by atoms with Crippen LogP contribution in [0.4, 0.5) is 0 Å². The fourth-order valence-electron chi connectivity index (χ4n) is 1.78. The Morgan fingerprint density at radius 2 is 1.85 bits per heavy atom. The standard InChI is InChI=1S/C15H22N2O3/c1-10(2)14(15(19)17-16)20-13-8-6-12(7-9-13)5-4-11(3)18/h6-10,14H,4-5,16H2,1-3H3,(H,17,19). The maximum Gasteiger partial charge on any atom is 0.275 e. The summed E-state index contributed by atoms with van der Waals surface area (Å²) >= 11 is 0. The second-order valence-electron chi connectivity index (χ2n) is 5.14. The lowest BCUT2D eigenvalue weighted by atomic mass is 10.1. The van der Waals surface area contributed by atoms with Gasteiger partial charge in [0.05, 0.1) is 0 Å². The van der Waals surface area contributed by atoms with Gasteiger partial charge in [-0.15, -0.1) is 0 Å². The molecule has 5 nitrogen and oxygen atoms in total. The number of ketones is 1. The van der Waals surface area contributed by atoms with E-state index in [4.69, 9.17) is 10.6 Å². The molecule has 1 aromatic rings. The number of carbonyl (C=O) groups excluding carboxylic acids is 2. The first kappa shape index (κ1) is 16.2. The number of Topliss-reactive ketones (excluding diaryl/α,β-unsaturated/α-hetero) is 1. The van der Waals surface area contributed by atoms with Crippen molar-refractivity contribution in [3.63, 3.8) is 0 Å². The molecule has 0 aliphatic carbocycles. The van der Waals surface area contributed by atoms with Gasteiger partial charge in [-0.1, -0.05) is 26.0 Å². The number of amides is 1. The summed E-state index contributed by atoms with van der Waals surface area (Å²) in [5, 5.41) is 0. The van der Waals surface area contributed by atoms with Crippen LogP contribution in [0.5, 0.6) is 5.75 Å². The van der Waals surface area contributed by atoms with Gasteiger partial charge in [0.25, 0.3) is 5.91 Å². The number of hydrogen-bond acceptors (Lipinski definition) is 4. The minimum Gasteiger partial charge on any atom is -0.480 e. The van der Waals surface area contributed by atoms with E-state index in [0.717, 1.165) is 5.56 Å². The van der Waals surface area contributed by atoms with Gasteiger partial charge in [-0.25, -0.2) is 5.84 Å². The number of nitrogens with one attached hydrogen (secondary N) is 1. The van der Waals surface area contributed by atoms with Gasteiger partial charge in [0, 0.05) is 6.42 Å². The van der Waals surface area contributed by atoms with E-state index in [0.29, 0.717) is 18.6 Å². The van der Waals surface area contributed by atoms with Crippen molar-refractivity contribution in [3.8, 4) is 5.75 Å². The normalized spacial score (nSPS) is 12.1. The average molecular weight is 278 g/mol. The highest BCUT2D eigenvalue weighted by Crippen LogP contribution is 2.18. The third-order valence-corrected chi connectivity index (χ3v) is 2.96. The molecule has 1 aromatic carbocycles. The zero-order valence-corrected chi connectivity index (χ0v) is 12.2. The topological polar surface area (TPSA) is 81.4 Å². The summed E-state index contributed by atoms with van der Waals surface area (Å²) in [6.45, 7) is 5.36. The van der Waals surface area contributed by atoms with E-state index in [1.165, 1.54) is 0 Å². The minimum absolute atomic E-state index is 0.0101. The van der Waals surface area contributed by atoms with Gasteiger partial charge < -0.3 is 9.53 Å². The summed E-state index contributed by atoms with van der Waals surface area (Å²) in [5.41, 5.74) is 3.18. The van der Waals surface area contributed by atoms with E-state index in [1.54, 1.807) is 19.1 Å². The van der Waals surface area contributed by atoms with Crippen LogP contribution in [-0.4, -0.2) is 17.8 Å². The van der Waals surface area contributed by atoms with Crippen LogP contribution in [0.1, 0.15) is 32.8 Å². The molecule has 0 aliphatic rings. The number of ether oxygens (including phenoxy) is 1. The third-order valence-electron chi connectivity index (χ3n) is 2.96. The Bertz CT molecular complexity index is 455. The number of hydrogen-bond donors (Lipinski definition) is 2. The lowest BCUT2D eigenvalue weighted by Crippen LogP contribution is -2.44. The molecule has 1 atom stereocenters. The molecular formula is C15H22N2O3. The summed E-state index contributed by atoms with van der Waals surface area (Å²) < 4.78 is 5.65. The zero-order valence-electron chi connectivity index (χ0n) is 12.2. The van der Waals surface area contributed by atoms with Gasteiger partial charge in [-0.05, 0) is 37.0 Å². The summed E-state index contributed by atoms with van der Waals surface area (Å²) in [4.78, 5) is 22.5. The number of carbonyl (C=O) groups is 2. The highest BCUT2D eigenvalue weighted by Gasteiger charge is 2.23. The Hall–Kier alpha value is -1.88. The minimum atomic E-state index is -0.622. The predicted octanol–water partition coefficient (Wildman–Crippen LogP) is 1.60. The summed E-state index contributed by atoms with van der Waals surface area (Å²) in [5.74, 6) is 5.59. The fourth-order valence-corrected chi connectivity index (χ4v) is 1.78.